The third-order valence-electron chi connectivity index (χ3n) is 6.16. The average molecular weight is 393 g/mol. The van der Waals surface area contributed by atoms with Crippen molar-refractivity contribution >= 4 is 11.7 Å². The van der Waals surface area contributed by atoms with Crippen LogP contribution in [0.1, 0.15) is 36.7 Å². The minimum absolute atomic E-state index is 0.00974. The van der Waals surface area contributed by atoms with E-state index in [9.17, 15) is 4.79 Å². The Morgan fingerprint density at radius 3 is 2.83 bits per heavy atom. The standard InChI is InChI=1S/C21H20FN5O2/c22-16-13-26(18-8-10-24-17(12-23)25-18)11-9-21(16)20(28)27-15(6-7-19(27)29-21)14-4-2-1-3-5-14/h1-5,8,10,15-16,19H,6-7,9,11,13H2/t15-,16?,19+,21?/m0/s1. The number of ether oxygens (including phenoxy) is 1. The molecule has 0 bridgehead atoms. The Hall–Kier alpha value is -3.05. The van der Waals surface area contributed by atoms with Gasteiger partial charge in [0.25, 0.3) is 5.91 Å². The fourth-order valence-electron chi connectivity index (χ4n) is 4.73. The number of carbonyl (C=O) groups is 1. The van der Waals surface area contributed by atoms with Gasteiger partial charge in [-0.15, -0.1) is 0 Å². The van der Waals surface area contributed by atoms with Crippen LogP contribution in [0.25, 0.3) is 0 Å². The van der Waals surface area contributed by atoms with Crippen molar-refractivity contribution in [2.45, 2.75) is 43.3 Å². The number of carbonyl (C=O) groups excluding carboxylic acids is 1. The van der Waals surface area contributed by atoms with E-state index in [1.165, 1.54) is 6.20 Å². The molecule has 4 heterocycles. The summed E-state index contributed by atoms with van der Waals surface area (Å²) in [5.74, 6) is 0.279. The predicted octanol–water partition coefficient (Wildman–Crippen LogP) is 2.36. The maximum atomic E-state index is 15.4. The first kappa shape index (κ1) is 18.0. The van der Waals surface area contributed by atoms with E-state index in [1.54, 1.807) is 15.9 Å². The lowest BCUT2D eigenvalue weighted by molar-refractivity contribution is -0.148. The van der Waals surface area contributed by atoms with Crippen LogP contribution in [-0.2, 0) is 9.53 Å². The molecule has 8 heteroatoms. The van der Waals surface area contributed by atoms with Gasteiger partial charge in [-0.2, -0.15) is 5.26 Å². The SMILES string of the molecule is N#Cc1nccc(N2CCC3(O[C@@H]4CC[C@@H](c5ccccc5)N4C3=O)C(F)C2)n1. The average Bonchev–Trinajstić information content (AvgIpc) is 3.29. The van der Waals surface area contributed by atoms with E-state index in [2.05, 4.69) is 9.97 Å². The van der Waals surface area contributed by atoms with Gasteiger partial charge in [-0.05, 0) is 24.5 Å². The number of aromatic nitrogens is 2. The van der Waals surface area contributed by atoms with E-state index in [4.69, 9.17) is 10.00 Å². The number of anilines is 1. The second kappa shape index (κ2) is 6.78. The van der Waals surface area contributed by atoms with E-state index < -0.39 is 11.8 Å². The molecule has 0 aliphatic carbocycles. The van der Waals surface area contributed by atoms with Crippen LogP contribution in [0.2, 0.25) is 0 Å². The normalized spacial score (nSPS) is 31.2. The van der Waals surface area contributed by atoms with E-state index in [1.807, 2.05) is 36.4 Å². The van der Waals surface area contributed by atoms with Gasteiger partial charge >= 0.3 is 0 Å². The van der Waals surface area contributed by atoms with Crippen molar-refractivity contribution in [1.29, 1.82) is 5.26 Å². The predicted molar refractivity (Wildman–Crippen MR) is 101 cm³/mol. The van der Waals surface area contributed by atoms with E-state index in [0.717, 1.165) is 12.0 Å². The number of nitriles is 1. The van der Waals surface area contributed by atoms with Crippen molar-refractivity contribution in [1.82, 2.24) is 14.9 Å². The zero-order chi connectivity index (χ0) is 20.0. The second-order valence-corrected chi connectivity index (χ2v) is 7.69. The molecule has 1 spiro atoms. The molecule has 1 aromatic carbocycles. The summed E-state index contributed by atoms with van der Waals surface area (Å²) < 4.78 is 21.5. The maximum Gasteiger partial charge on any atom is 0.260 e. The third-order valence-corrected chi connectivity index (χ3v) is 6.16. The second-order valence-electron chi connectivity index (χ2n) is 7.69. The molecule has 2 unspecified atom stereocenters. The summed E-state index contributed by atoms with van der Waals surface area (Å²) in [6.45, 7) is 0.411. The molecule has 2 aromatic rings. The first-order valence-electron chi connectivity index (χ1n) is 9.80. The number of rotatable bonds is 2. The summed E-state index contributed by atoms with van der Waals surface area (Å²) in [4.78, 5) is 24.9. The van der Waals surface area contributed by atoms with Crippen LogP contribution in [-0.4, -0.2) is 51.9 Å². The molecule has 3 fully saturated rings. The summed E-state index contributed by atoms with van der Waals surface area (Å²) >= 11 is 0. The summed E-state index contributed by atoms with van der Waals surface area (Å²) in [6, 6.07) is 13.3. The Bertz CT molecular complexity index is 981. The molecule has 0 N–H and O–H groups in total. The molecule has 7 nitrogen and oxygen atoms in total. The van der Waals surface area contributed by atoms with Gasteiger partial charge in [0.05, 0.1) is 12.6 Å². The lowest BCUT2D eigenvalue weighted by Crippen LogP contribution is -2.58. The highest BCUT2D eigenvalue weighted by Crippen LogP contribution is 2.48. The monoisotopic (exact) mass is 393 g/mol. The van der Waals surface area contributed by atoms with Crippen LogP contribution < -0.4 is 4.90 Å². The molecule has 5 rings (SSSR count). The minimum atomic E-state index is -1.48. The van der Waals surface area contributed by atoms with Gasteiger partial charge in [0, 0.05) is 19.2 Å². The fraction of sp³-hybridized carbons (Fsp3) is 0.429. The Morgan fingerprint density at radius 2 is 2.07 bits per heavy atom. The fourth-order valence-corrected chi connectivity index (χ4v) is 4.73. The topological polar surface area (TPSA) is 82.4 Å². The summed E-state index contributed by atoms with van der Waals surface area (Å²) in [7, 11) is 0. The van der Waals surface area contributed by atoms with Crippen molar-refractivity contribution in [3.8, 4) is 6.07 Å². The van der Waals surface area contributed by atoms with Crippen molar-refractivity contribution in [2.75, 3.05) is 18.0 Å². The lowest BCUT2D eigenvalue weighted by atomic mass is 9.88. The van der Waals surface area contributed by atoms with E-state index in [-0.39, 0.29) is 37.0 Å². The number of fused-ring (bicyclic) bond motifs is 1. The number of nitrogens with zero attached hydrogens (tertiary/aromatic N) is 5. The van der Waals surface area contributed by atoms with Crippen molar-refractivity contribution in [2.24, 2.45) is 0 Å². The number of hydrogen-bond acceptors (Lipinski definition) is 6. The number of benzene rings is 1. The molecule has 29 heavy (non-hydrogen) atoms. The van der Waals surface area contributed by atoms with Gasteiger partial charge < -0.3 is 14.5 Å². The van der Waals surface area contributed by atoms with Gasteiger partial charge in [-0.25, -0.2) is 14.4 Å². The van der Waals surface area contributed by atoms with Crippen LogP contribution in [0.4, 0.5) is 10.2 Å². The number of piperidine rings is 1. The molecular weight excluding hydrogens is 373 g/mol. The van der Waals surface area contributed by atoms with Crippen LogP contribution in [0, 0.1) is 11.3 Å². The lowest BCUT2D eigenvalue weighted by Gasteiger charge is -2.40. The van der Waals surface area contributed by atoms with Crippen molar-refractivity contribution in [3.05, 3.63) is 54.0 Å². The summed E-state index contributed by atoms with van der Waals surface area (Å²) in [5, 5.41) is 8.99. The number of hydrogen-bond donors (Lipinski definition) is 0. The molecule has 1 amide bonds. The molecule has 3 aliphatic heterocycles. The zero-order valence-electron chi connectivity index (χ0n) is 15.7. The maximum absolute atomic E-state index is 15.4. The quantitative estimate of drug-likeness (QED) is 0.779. The zero-order valence-corrected chi connectivity index (χ0v) is 15.7. The molecule has 0 radical (unpaired) electrons. The van der Waals surface area contributed by atoms with E-state index in [0.29, 0.717) is 18.8 Å². The largest absolute Gasteiger partial charge is 0.353 e. The Morgan fingerprint density at radius 1 is 1.24 bits per heavy atom. The number of amides is 1. The van der Waals surface area contributed by atoms with Crippen LogP contribution in [0.3, 0.4) is 0 Å². The van der Waals surface area contributed by atoms with Gasteiger partial charge in [-0.1, -0.05) is 30.3 Å². The molecular formula is C21H20FN5O2. The van der Waals surface area contributed by atoms with Gasteiger partial charge in [0.2, 0.25) is 5.82 Å². The highest BCUT2D eigenvalue weighted by atomic mass is 19.1. The molecule has 3 aliphatic rings. The van der Waals surface area contributed by atoms with Crippen molar-refractivity contribution < 1.29 is 13.9 Å². The van der Waals surface area contributed by atoms with Crippen molar-refractivity contribution in [3.63, 3.8) is 0 Å². The third kappa shape index (κ3) is 2.76. The smallest absolute Gasteiger partial charge is 0.260 e. The molecule has 148 valence electrons. The minimum Gasteiger partial charge on any atom is -0.353 e. The Labute approximate surface area is 167 Å². The molecule has 4 atom stereocenters. The van der Waals surface area contributed by atoms with E-state index >= 15 is 4.39 Å². The number of alkyl halides is 1. The number of halogens is 1. The Kier molecular flexibility index (Phi) is 4.21. The van der Waals surface area contributed by atoms with Gasteiger partial charge in [0.1, 0.15) is 18.1 Å². The molecule has 3 saturated heterocycles. The summed E-state index contributed by atoms with van der Waals surface area (Å²) in [6.07, 6.45) is 1.40. The van der Waals surface area contributed by atoms with Gasteiger partial charge in [-0.3, -0.25) is 4.79 Å². The first-order chi connectivity index (χ1) is 14.1. The van der Waals surface area contributed by atoms with Crippen LogP contribution >= 0.6 is 0 Å². The van der Waals surface area contributed by atoms with Gasteiger partial charge in [0.15, 0.2) is 11.8 Å². The van der Waals surface area contributed by atoms with Crippen LogP contribution in [0.15, 0.2) is 42.6 Å². The summed E-state index contributed by atoms with van der Waals surface area (Å²) in [5.41, 5.74) is -0.374. The Balaban J connectivity index is 1.37. The molecule has 0 saturated carbocycles. The molecule has 1 aromatic heterocycles. The van der Waals surface area contributed by atoms with Crippen LogP contribution in [0.5, 0.6) is 0 Å². The first-order valence-corrected chi connectivity index (χ1v) is 9.80. The highest BCUT2D eigenvalue weighted by molar-refractivity contribution is 5.89. The highest BCUT2D eigenvalue weighted by Gasteiger charge is 2.62.